The van der Waals surface area contributed by atoms with Crippen LogP contribution in [0.3, 0.4) is 0 Å². The molecule has 0 N–H and O–H groups in total. The first-order valence-corrected chi connectivity index (χ1v) is 12.9. The summed E-state index contributed by atoms with van der Waals surface area (Å²) in [5, 5.41) is 11.7. The number of nitro groups is 1. The van der Waals surface area contributed by atoms with Crippen molar-refractivity contribution in [2.45, 2.75) is 31.2 Å². The Hall–Kier alpha value is -3.63. The summed E-state index contributed by atoms with van der Waals surface area (Å²) in [4.78, 5) is 25.7. The highest BCUT2D eigenvalue weighted by molar-refractivity contribution is 7.92. The topological polar surface area (TPSA) is 110 Å². The summed E-state index contributed by atoms with van der Waals surface area (Å²) in [5.41, 5.74) is 1.72. The summed E-state index contributed by atoms with van der Waals surface area (Å²) >= 11 is 6.19. The van der Waals surface area contributed by atoms with Crippen LogP contribution in [0.15, 0.2) is 65.6 Å². The summed E-state index contributed by atoms with van der Waals surface area (Å²) in [7, 11) is -3.08. The lowest BCUT2D eigenvalue weighted by atomic mass is 10.1. The predicted molar refractivity (Wildman–Crippen MR) is 137 cm³/mol. The molecule has 0 radical (unpaired) electrons. The van der Waals surface area contributed by atoms with E-state index >= 15 is 0 Å². The Bertz CT molecular complexity index is 1460. The number of hydrogen-bond donors (Lipinski definition) is 0. The van der Waals surface area contributed by atoms with Crippen molar-refractivity contribution >= 4 is 44.6 Å². The molecule has 3 aromatic carbocycles. The molecule has 1 amide bonds. The van der Waals surface area contributed by atoms with Gasteiger partial charge in [0.25, 0.3) is 15.7 Å². The number of sulfonamides is 1. The molecule has 188 valence electrons. The third-order valence-electron chi connectivity index (χ3n) is 6.13. The minimum Gasteiger partial charge on any atom is -0.495 e. The molecule has 0 unspecified atom stereocenters. The van der Waals surface area contributed by atoms with Crippen molar-refractivity contribution in [2.24, 2.45) is 0 Å². The molecule has 0 saturated heterocycles. The number of anilines is 2. The van der Waals surface area contributed by atoms with Gasteiger partial charge in [0.15, 0.2) is 0 Å². The summed E-state index contributed by atoms with van der Waals surface area (Å²) in [6.45, 7) is 2.83. The van der Waals surface area contributed by atoms with Gasteiger partial charge >= 0.3 is 0 Å². The number of amides is 1. The quantitative estimate of drug-likeness (QED) is 0.323. The van der Waals surface area contributed by atoms with E-state index in [0.29, 0.717) is 12.0 Å². The minimum atomic E-state index is -4.45. The second kappa shape index (κ2) is 9.79. The van der Waals surface area contributed by atoms with Crippen LogP contribution in [0, 0.1) is 17.0 Å². The van der Waals surface area contributed by atoms with Gasteiger partial charge in [-0.15, -0.1) is 0 Å². The zero-order valence-corrected chi connectivity index (χ0v) is 21.4. The van der Waals surface area contributed by atoms with Crippen molar-refractivity contribution in [1.29, 1.82) is 0 Å². The molecule has 0 saturated carbocycles. The van der Waals surface area contributed by atoms with Gasteiger partial charge in [0.2, 0.25) is 5.91 Å². The molecule has 0 aromatic heterocycles. The molecule has 11 heteroatoms. The van der Waals surface area contributed by atoms with Crippen LogP contribution in [0.1, 0.15) is 18.1 Å². The van der Waals surface area contributed by atoms with Gasteiger partial charge in [-0.2, -0.15) is 0 Å². The largest absolute Gasteiger partial charge is 0.495 e. The van der Waals surface area contributed by atoms with Gasteiger partial charge in [0.05, 0.1) is 22.6 Å². The number of aryl methyl sites for hydroxylation is 1. The fourth-order valence-electron chi connectivity index (χ4n) is 4.38. The number of fused-ring (bicyclic) bond motifs is 1. The number of methoxy groups -OCH3 is 1. The summed E-state index contributed by atoms with van der Waals surface area (Å²) in [5.74, 6) is -0.285. The van der Waals surface area contributed by atoms with Gasteiger partial charge in [0, 0.05) is 28.4 Å². The molecular formula is C25H24ClN3O6S. The van der Waals surface area contributed by atoms with Gasteiger partial charge in [0.1, 0.15) is 12.3 Å². The Balaban J connectivity index is 1.84. The highest BCUT2D eigenvalue weighted by Gasteiger charge is 2.36. The second-order valence-electron chi connectivity index (χ2n) is 8.48. The number of ether oxygens (including phenoxy) is 1. The molecule has 0 fully saturated rings. The van der Waals surface area contributed by atoms with Crippen LogP contribution in [0.5, 0.6) is 5.75 Å². The van der Waals surface area contributed by atoms with Gasteiger partial charge in [-0.25, -0.2) is 8.42 Å². The SMILES string of the molecule is COc1ccc(Cl)cc1N(CC(=O)N1c2ccccc2C[C@@H]1C)S(=O)(=O)c1ccc(C)c([N+](=O)[O-])c1. The Kier molecular flexibility index (Phi) is 6.92. The van der Waals surface area contributed by atoms with Crippen LogP contribution < -0.4 is 13.9 Å². The van der Waals surface area contributed by atoms with Crippen molar-refractivity contribution in [3.05, 3.63) is 86.9 Å². The standard InChI is InChI=1S/C25H24ClN3O6S/c1-16-8-10-20(14-22(16)29(31)32)36(33,34)27(23-13-19(26)9-11-24(23)35-3)15-25(30)28-17(2)12-18-6-4-5-7-21(18)28/h4-11,13-14,17H,12,15H2,1-3H3/t17-/m0/s1. The van der Waals surface area contributed by atoms with Gasteiger partial charge in [-0.3, -0.25) is 19.2 Å². The van der Waals surface area contributed by atoms with E-state index in [1.54, 1.807) is 4.90 Å². The predicted octanol–water partition coefficient (Wildman–Crippen LogP) is 4.74. The van der Waals surface area contributed by atoms with E-state index in [1.807, 2.05) is 31.2 Å². The number of para-hydroxylation sites is 1. The lowest BCUT2D eigenvalue weighted by molar-refractivity contribution is -0.385. The van der Waals surface area contributed by atoms with Crippen LogP contribution in [0.25, 0.3) is 0 Å². The Morgan fingerprint density at radius 1 is 1.19 bits per heavy atom. The molecule has 0 bridgehead atoms. The van der Waals surface area contributed by atoms with Gasteiger partial charge < -0.3 is 9.64 Å². The van der Waals surface area contributed by atoms with Crippen LogP contribution >= 0.6 is 11.6 Å². The number of nitro benzene ring substituents is 1. The summed E-state index contributed by atoms with van der Waals surface area (Å²) in [6, 6.07) is 15.3. The molecule has 1 aliphatic heterocycles. The third kappa shape index (κ3) is 4.61. The van der Waals surface area contributed by atoms with Crippen molar-refractivity contribution in [1.82, 2.24) is 0 Å². The maximum atomic E-state index is 13.9. The lowest BCUT2D eigenvalue weighted by Gasteiger charge is -2.29. The number of carbonyl (C=O) groups is 1. The molecular weight excluding hydrogens is 506 g/mol. The van der Waals surface area contributed by atoms with E-state index in [-0.39, 0.29) is 33.1 Å². The summed E-state index contributed by atoms with van der Waals surface area (Å²) < 4.78 is 34.1. The molecule has 3 aromatic rings. The number of benzene rings is 3. The molecule has 4 rings (SSSR count). The molecule has 1 aliphatic rings. The van der Waals surface area contributed by atoms with E-state index in [9.17, 15) is 23.3 Å². The maximum absolute atomic E-state index is 13.9. The lowest BCUT2D eigenvalue weighted by Crippen LogP contribution is -2.45. The highest BCUT2D eigenvalue weighted by atomic mass is 35.5. The fraction of sp³-hybridized carbons (Fsp3) is 0.240. The smallest absolute Gasteiger partial charge is 0.273 e. The second-order valence-corrected chi connectivity index (χ2v) is 10.8. The minimum absolute atomic E-state index is 0.0433. The van der Waals surface area contributed by atoms with E-state index in [2.05, 4.69) is 0 Å². The monoisotopic (exact) mass is 529 g/mol. The highest BCUT2D eigenvalue weighted by Crippen LogP contribution is 2.37. The van der Waals surface area contributed by atoms with E-state index in [0.717, 1.165) is 21.6 Å². The zero-order valence-electron chi connectivity index (χ0n) is 19.8. The van der Waals surface area contributed by atoms with Gasteiger partial charge in [-0.1, -0.05) is 35.9 Å². The molecule has 9 nitrogen and oxygen atoms in total. The molecule has 1 atom stereocenters. The molecule has 36 heavy (non-hydrogen) atoms. The van der Waals surface area contributed by atoms with Gasteiger partial charge in [-0.05, 0) is 56.2 Å². The molecule has 0 aliphatic carbocycles. The third-order valence-corrected chi connectivity index (χ3v) is 8.12. The van der Waals surface area contributed by atoms with E-state index < -0.39 is 27.4 Å². The molecule has 0 spiro atoms. The molecule has 1 heterocycles. The van der Waals surface area contributed by atoms with Crippen molar-refractivity contribution in [3.63, 3.8) is 0 Å². The summed E-state index contributed by atoms with van der Waals surface area (Å²) in [6.07, 6.45) is 0.638. The zero-order chi connectivity index (χ0) is 26.2. The number of nitrogens with zero attached hydrogens (tertiary/aromatic N) is 3. The Morgan fingerprint density at radius 3 is 2.61 bits per heavy atom. The number of carbonyl (C=O) groups excluding carboxylic acids is 1. The average molecular weight is 530 g/mol. The average Bonchev–Trinajstić information content (AvgIpc) is 3.18. The van der Waals surface area contributed by atoms with Crippen molar-refractivity contribution < 1.29 is 22.9 Å². The first-order chi connectivity index (χ1) is 17.0. The Labute approximate surface area is 214 Å². The van der Waals surface area contributed by atoms with Crippen LogP contribution in [-0.2, 0) is 21.2 Å². The number of rotatable bonds is 7. The first-order valence-electron chi connectivity index (χ1n) is 11.1. The van der Waals surface area contributed by atoms with E-state index in [1.165, 1.54) is 44.4 Å². The normalized spacial score (nSPS) is 14.9. The van der Waals surface area contributed by atoms with Crippen molar-refractivity contribution in [3.8, 4) is 5.75 Å². The Morgan fingerprint density at radius 2 is 1.92 bits per heavy atom. The van der Waals surface area contributed by atoms with Crippen LogP contribution in [0.4, 0.5) is 17.1 Å². The van der Waals surface area contributed by atoms with Crippen molar-refractivity contribution in [2.75, 3.05) is 22.9 Å². The van der Waals surface area contributed by atoms with E-state index in [4.69, 9.17) is 16.3 Å². The van der Waals surface area contributed by atoms with Crippen LogP contribution in [-0.4, -0.2) is 38.9 Å². The van der Waals surface area contributed by atoms with Crippen LogP contribution in [0.2, 0.25) is 5.02 Å². The number of hydrogen-bond acceptors (Lipinski definition) is 6. The maximum Gasteiger partial charge on any atom is 0.273 e. The fourth-order valence-corrected chi connectivity index (χ4v) is 5.98. The first kappa shape index (κ1) is 25.5. The number of halogens is 1.